The summed E-state index contributed by atoms with van der Waals surface area (Å²) in [6, 6.07) is 4.57. The molecule has 1 fully saturated rings. The predicted molar refractivity (Wildman–Crippen MR) is 68.8 cm³/mol. The van der Waals surface area contributed by atoms with Gasteiger partial charge in [0.05, 0.1) is 4.83 Å². The molecule has 0 spiro atoms. The Balaban J connectivity index is 2.34. The zero-order valence-electron chi connectivity index (χ0n) is 8.67. The van der Waals surface area contributed by atoms with E-state index in [1.54, 1.807) is 12.1 Å². The highest BCUT2D eigenvalue weighted by atomic mass is 79.9. The van der Waals surface area contributed by atoms with Crippen molar-refractivity contribution in [1.82, 2.24) is 0 Å². The first-order chi connectivity index (χ1) is 8.00. The maximum Gasteiger partial charge on any atom is 0.265 e. The van der Waals surface area contributed by atoms with Crippen LogP contribution in [-0.2, 0) is 4.79 Å². The number of rotatable bonds is 2. The number of halogens is 4. The number of hydrogen-bond donors (Lipinski definition) is 0. The number of benzene rings is 1. The number of hydrogen-bond acceptors (Lipinski definition) is 1. The monoisotopic (exact) mass is 367 g/mol. The largest absolute Gasteiger partial charge is 0.311 e. The molecule has 1 aromatic carbocycles. The summed E-state index contributed by atoms with van der Waals surface area (Å²) in [5.41, 5.74) is 0.434. The van der Waals surface area contributed by atoms with Gasteiger partial charge in [0, 0.05) is 22.3 Å². The molecule has 92 valence electrons. The Labute approximate surface area is 114 Å². The second kappa shape index (κ2) is 5.02. The van der Waals surface area contributed by atoms with Crippen molar-refractivity contribution in [3.63, 3.8) is 0 Å². The molecule has 1 aliphatic rings. The molecule has 0 N–H and O–H groups in total. The van der Waals surface area contributed by atoms with E-state index in [-0.39, 0.29) is 16.3 Å². The zero-order valence-corrected chi connectivity index (χ0v) is 11.8. The van der Waals surface area contributed by atoms with Crippen molar-refractivity contribution in [2.75, 3.05) is 11.4 Å². The summed E-state index contributed by atoms with van der Waals surface area (Å²) in [5, 5.41) is 0. The highest BCUT2D eigenvalue weighted by Gasteiger charge is 2.30. The molecule has 6 heteroatoms. The fraction of sp³-hybridized carbons (Fsp3) is 0.364. The van der Waals surface area contributed by atoms with Crippen LogP contribution in [0.25, 0.3) is 0 Å². The van der Waals surface area contributed by atoms with Crippen LogP contribution in [0.3, 0.4) is 0 Å². The van der Waals surface area contributed by atoms with E-state index in [0.717, 1.165) is 0 Å². The van der Waals surface area contributed by atoms with Gasteiger partial charge in [-0.05, 0) is 24.6 Å². The topological polar surface area (TPSA) is 20.3 Å². The van der Waals surface area contributed by atoms with Crippen molar-refractivity contribution in [2.45, 2.75) is 17.7 Å². The van der Waals surface area contributed by atoms with Crippen LogP contribution in [0.15, 0.2) is 22.7 Å². The highest BCUT2D eigenvalue weighted by Crippen LogP contribution is 2.33. The number of nitrogens with zero attached hydrogens (tertiary/aromatic N) is 1. The lowest BCUT2D eigenvalue weighted by Crippen LogP contribution is -2.27. The van der Waals surface area contributed by atoms with E-state index in [4.69, 9.17) is 0 Å². The summed E-state index contributed by atoms with van der Waals surface area (Å²) in [6.07, 6.45) is -1.86. The van der Waals surface area contributed by atoms with Crippen molar-refractivity contribution in [2.24, 2.45) is 0 Å². The van der Waals surface area contributed by atoms with Crippen LogP contribution >= 0.6 is 31.9 Å². The quantitative estimate of drug-likeness (QED) is 0.725. The molecular weight excluding hydrogens is 360 g/mol. The summed E-state index contributed by atoms with van der Waals surface area (Å²) < 4.78 is 25.8. The van der Waals surface area contributed by atoms with Gasteiger partial charge in [0.15, 0.2) is 0 Å². The molecule has 1 heterocycles. The van der Waals surface area contributed by atoms with Gasteiger partial charge in [-0.2, -0.15) is 0 Å². The van der Waals surface area contributed by atoms with Gasteiger partial charge in [-0.3, -0.25) is 4.79 Å². The van der Waals surface area contributed by atoms with Crippen molar-refractivity contribution >= 4 is 43.5 Å². The lowest BCUT2D eigenvalue weighted by atomic mass is 10.2. The van der Waals surface area contributed by atoms with Gasteiger partial charge >= 0.3 is 0 Å². The molecule has 0 radical (unpaired) electrons. The third-order valence-corrected chi connectivity index (χ3v) is 4.24. The Bertz CT molecular complexity index is 453. The summed E-state index contributed by atoms with van der Waals surface area (Å²) in [4.78, 5) is 13.1. The van der Waals surface area contributed by atoms with E-state index in [1.165, 1.54) is 11.0 Å². The van der Waals surface area contributed by atoms with Gasteiger partial charge in [0.25, 0.3) is 6.43 Å². The summed E-state index contributed by atoms with van der Waals surface area (Å²) in [7, 11) is 0. The normalized spacial score (nSPS) is 20.4. The minimum absolute atomic E-state index is 0.0764. The first-order valence-electron chi connectivity index (χ1n) is 5.03. The van der Waals surface area contributed by atoms with E-state index >= 15 is 0 Å². The maximum atomic E-state index is 12.7. The Morgan fingerprint density at radius 2 is 2.12 bits per heavy atom. The van der Waals surface area contributed by atoms with Gasteiger partial charge in [-0.1, -0.05) is 31.9 Å². The molecule has 1 aliphatic heterocycles. The van der Waals surface area contributed by atoms with E-state index in [1.807, 2.05) is 0 Å². The highest BCUT2D eigenvalue weighted by molar-refractivity contribution is 9.10. The number of carbonyl (C=O) groups is 1. The minimum atomic E-state index is -2.55. The molecule has 1 amide bonds. The van der Waals surface area contributed by atoms with Crippen LogP contribution in [0.2, 0.25) is 0 Å². The van der Waals surface area contributed by atoms with Crippen molar-refractivity contribution in [1.29, 1.82) is 0 Å². The predicted octanol–water partition coefficient (Wildman–Crippen LogP) is 3.89. The zero-order chi connectivity index (χ0) is 12.6. The molecule has 17 heavy (non-hydrogen) atoms. The first-order valence-corrected chi connectivity index (χ1v) is 6.74. The molecule has 0 bridgehead atoms. The third-order valence-electron chi connectivity index (χ3n) is 2.67. The van der Waals surface area contributed by atoms with Crippen LogP contribution in [-0.4, -0.2) is 17.3 Å². The van der Waals surface area contributed by atoms with Gasteiger partial charge in [-0.25, -0.2) is 8.78 Å². The molecule has 2 rings (SSSR count). The standard InChI is InChI=1S/C11H9Br2F2NO/c12-8-2-1-6(5-7(8)10(14)15)16-4-3-9(13)11(16)17/h1-2,5,9-10H,3-4H2. The molecule has 2 nitrogen and oxygen atoms in total. The van der Waals surface area contributed by atoms with Crippen LogP contribution in [0.5, 0.6) is 0 Å². The molecule has 1 aromatic rings. The lowest BCUT2D eigenvalue weighted by Gasteiger charge is -2.17. The van der Waals surface area contributed by atoms with E-state index in [2.05, 4.69) is 31.9 Å². The van der Waals surface area contributed by atoms with Gasteiger partial charge < -0.3 is 4.90 Å². The fourth-order valence-corrected chi connectivity index (χ4v) is 2.64. The van der Waals surface area contributed by atoms with E-state index < -0.39 is 6.43 Å². The SMILES string of the molecule is O=C1C(Br)CCN1c1ccc(Br)c(C(F)F)c1. The summed E-state index contributed by atoms with van der Waals surface area (Å²) in [5.74, 6) is -0.0764. The molecule has 1 atom stereocenters. The number of alkyl halides is 3. The summed E-state index contributed by atoms with van der Waals surface area (Å²) in [6.45, 7) is 0.555. The van der Waals surface area contributed by atoms with E-state index in [9.17, 15) is 13.6 Å². The average molecular weight is 369 g/mol. The second-order valence-corrected chi connectivity index (χ2v) is 5.71. The molecular formula is C11H9Br2F2NO. The van der Waals surface area contributed by atoms with Crippen molar-refractivity contribution in [3.05, 3.63) is 28.2 Å². The Hall–Kier alpha value is -0.490. The second-order valence-electron chi connectivity index (χ2n) is 3.75. The maximum absolute atomic E-state index is 12.7. The molecule has 0 aromatic heterocycles. The third kappa shape index (κ3) is 2.52. The minimum Gasteiger partial charge on any atom is -0.311 e. The van der Waals surface area contributed by atoms with Crippen molar-refractivity contribution < 1.29 is 13.6 Å². The van der Waals surface area contributed by atoms with Crippen LogP contribution < -0.4 is 4.90 Å². The summed E-state index contributed by atoms with van der Waals surface area (Å²) >= 11 is 6.33. The Kier molecular flexibility index (Phi) is 3.82. The fourth-order valence-electron chi connectivity index (χ4n) is 1.77. The average Bonchev–Trinajstić information content (AvgIpc) is 2.60. The number of amides is 1. The van der Waals surface area contributed by atoms with Gasteiger partial charge in [-0.15, -0.1) is 0 Å². The first kappa shape index (κ1) is 13.0. The van der Waals surface area contributed by atoms with Gasteiger partial charge in [0.1, 0.15) is 0 Å². The van der Waals surface area contributed by atoms with Crippen LogP contribution in [0, 0.1) is 0 Å². The Morgan fingerprint density at radius 3 is 2.65 bits per heavy atom. The van der Waals surface area contributed by atoms with Gasteiger partial charge in [0.2, 0.25) is 5.91 Å². The number of carbonyl (C=O) groups excluding carboxylic acids is 1. The molecule has 1 unspecified atom stereocenters. The van der Waals surface area contributed by atoms with Crippen LogP contribution in [0.1, 0.15) is 18.4 Å². The molecule has 0 aliphatic carbocycles. The lowest BCUT2D eigenvalue weighted by molar-refractivity contribution is -0.116. The number of anilines is 1. The smallest absolute Gasteiger partial charge is 0.265 e. The Morgan fingerprint density at radius 1 is 1.41 bits per heavy atom. The van der Waals surface area contributed by atoms with E-state index in [0.29, 0.717) is 23.1 Å². The van der Waals surface area contributed by atoms with Crippen molar-refractivity contribution in [3.8, 4) is 0 Å². The molecule has 1 saturated heterocycles. The molecule has 0 saturated carbocycles. The van der Waals surface area contributed by atoms with Crippen LogP contribution in [0.4, 0.5) is 14.5 Å².